The quantitative estimate of drug-likeness (QED) is 0.438. The monoisotopic (exact) mass is 307 g/mol. The number of anilines is 1. The highest BCUT2D eigenvalue weighted by Crippen LogP contribution is 2.29. The maximum absolute atomic E-state index is 11.8. The van der Waals surface area contributed by atoms with Crippen molar-refractivity contribution in [1.82, 2.24) is 14.5 Å². The zero-order chi connectivity index (χ0) is 16.4. The third kappa shape index (κ3) is 2.84. The molecule has 2 aliphatic rings. The predicted molar refractivity (Wildman–Crippen MR) is 90.3 cm³/mol. The van der Waals surface area contributed by atoms with Crippen LogP contribution in [-0.2, 0) is 0 Å². The molecule has 6 nitrogen and oxygen atoms in total. The summed E-state index contributed by atoms with van der Waals surface area (Å²) in [6, 6.07) is 14.3. The van der Waals surface area contributed by atoms with Crippen molar-refractivity contribution in [2.75, 3.05) is 5.43 Å². The van der Waals surface area contributed by atoms with Crippen molar-refractivity contribution in [3.05, 3.63) is 70.4 Å². The van der Waals surface area contributed by atoms with E-state index in [0.29, 0.717) is 0 Å². The number of benzene rings is 2. The number of nitrogens with one attached hydrogen (secondary N) is 1. The molecule has 0 unspecified atom stereocenters. The van der Waals surface area contributed by atoms with Gasteiger partial charge in [-0.2, -0.15) is 4.98 Å². The molecule has 0 spiro atoms. The van der Waals surface area contributed by atoms with E-state index < -0.39 is 5.69 Å². The highest BCUT2D eigenvalue weighted by atomic mass is 16.1. The molecule has 0 saturated carbocycles. The Balaban J connectivity index is 0.000000213. The van der Waals surface area contributed by atoms with Gasteiger partial charge in [-0.3, -0.25) is 9.99 Å². The molecule has 0 fully saturated rings. The number of aryl methyl sites for hydroxylation is 2. The van der Waals surface area contributed by atoms with Crippen LogP contribution in [0, 0.1) is 13.8 Å². The summed E-state index contributed by atoms with van der Waals surface area (Å²) in [7, 11) is 0. The van der Waals surface area contributed by atoms with Gasteiger partial charge in [-0.15, -0.1) is 0 Å². The molecule has 23 heavy (non-hydrogen) atoms. The molecule has 6 heteroatoms. The topological polar surface area (TPSA) is 85.8 Å². The van der Waals surface area contributed by atoms with Crippen molar-refractivity contribution in [2.45, 2.75) is 13.8 Å². The molecule has 0 aliphatic heterocycles. The lowest BCUT2D eigenvalue weighted by atomic mass is 9.95. The van der Waals surface area contributed by atoms with E-state index in [2.05, 4.69) is 39.7 Å². The molecule has 0 radical (unpaired) electrons. The highest BCUT2D eigenvalue weighted by molar-refractivity contribution is 5.75. The Hall–Kier alpha value is -2.99. The molecule has 1 heterocycles. The van der Waals surface area contributed by atoms with E-state index in [4.69, 9.17) is 5.84 Å². The second kappa shape index (κ2) is 6.02. The molecule has 2 aromatic rings. The van der Waals surface area contributed by atoms with Gasteiger partial charge in [0.05, 0.1) is 5.69 Å². The fourth-order valence-corrected chi connectivity index (χ4v) is 2.41. The molecule has 116 valence electrons. The minimum atomic E-state index is -0.412. The highest BCUT2D eigenvalue weighted by Gasteiger charge is 2.08. The number of aromatic nitrogens is 3. The summed E-state index contributed by atoms with van der Waals surface area (Å²) in [5.74, 6) is 5.25. The lowest BCUT2D eigenvalue weighted by Gasteiger charge is -2.11. The van der Waals surface area contributed by atoms with E-state index >= 15 is 0 Å². The largest absolute Gasteiger partial charge is 0.356 e. The summed E-state index contributed by atoms with van der Waals surface area (Å²) in [6.45, 7) is 3.87. The standard InChI is InChI=1S/C11H13N5O.C6H4/c1-7-4-3-5-8(2)9(7)16-6-13-10(15-12)14-11(16)17;1-2-6-4-3-5(1)6/h3-6H,12H2,1-2H3,(H,14,15,17);1-4H. The van der Waals surface area contributed by atoms with E-state index in [9.17, 15) is 4.79 Å². The Labute approximate surface area is 133 Å². The number of hydrogen-bond acceptors (Lipinski definition) is 5. The molecular formula is C17H17N5O. The number of nitrogen functional groups attached to an aromatic ring is 1. The Morgan fingerprint density at radius 2 is 1.57 bits per heavy atom. The van der Waals surface area contributed by atoms with Gasteiger partial charge in [0.25, 0.3) is 0 Å². The third-order valence-electron chi connectivity index (χ3n) is 3.73. The van der Waals surface area contributed by atoms with Crippen molar-refractivity contribution in [1.29, 1.82) is 0 Å². The molecule has 0 amide bonds. The van der Waals surface area contributed by atoms with Crippen LogP contribution in [-0.4, -0.2) is 14.5 Å². The zero-order valence-electron chi connectivity index (χ0n) is 12.9. The van der Waals surface area contributed by atoms with Crippen LogP contribution in [0.5, 0.6) is 0 Å². The normalized spacial score (nSPS) is 10.6. The van der Waals surface area contributed by atoms with Gasteiger partial charge in [0.1, 0.15) is 6.33 Å². The fourth-order valence-electron chi connectivity index (χ4n) is 2.41. The van der Waals surface area contributed by atoms with E-state index in [1.165, 1.54) is 22.0 Å². The summed E-state index contributed by atoms with van der Waals surface area (Å²) in [6.07, 6.45) is 1.42. The number of hydrazine groups is 1. The molecule has 3 N–H and O–H groups in total. The smallest absolute Gasteiger partial charge is 0.292 e. The van der Waals surface area contributed by atoms with Crippen molar-refractivity contribution in [3.8, 4) is 16.8 Å². The van der Waals surface area contributed by atoms with Gasteiger partial charge in [0.15, 0.2) is 0 Å². The molecule has 0 atom stereocenters. The summed E-state index contributed by atoms with van der Waals surface area (Å²) < 4.78 is 1.41. The second-order valence-corrected chi connectivity index (χ2v) is 5.29. The first-order chi connectivity index (χ1) is 11.1. The molecule has 2 aliphatic carbocycles. The Bertz CT molecular complexity index is 858. The average molecular weight is 307 g/mol. The summed E-state index contributed by atoms with van der Waals surface area (Å²) >= 11 is 0. The maximum Gasteiger partial charge on any atom is 0.356 e. The van der Waals surface area contributed by atoms with Crippen molar-refractivity contribution in [3.63, 3.8) is 0 Å². The Kier molecular flexibility index (Phi) is 3.91. The molecule has 1 aromatic carbocycles. The first-order valence-electron chi connectivity index (χ1n) is 7.19. The average Bonchev–Trinajstić information content (AvgIpc) is 2.52. The van der Waals surface area contributed by atoms with Crippen LogP contribution in [0.15, 0.2) is 53.6 Å². The van der Waals surface area contributed by atoms with Gasteiger partial charge in [-0.25, -0.2) is 15.6 Å². The number of para-hydroxylation sites is 1. The number of fused-ring (bicyclic) bond motifs is 1. The minimum absolute atomic E-state index is 0.109. The lowest BCUT2D eigenvalue weighted by Crippen LogP contribution is -2.26. The fraction of sp³-hybridized carbons (Fsp3) is 0.118. The number of hydrogen-bond donors (Lipinski definition) is 2. The van der Waals surface area contributed by atoms with E-state index in [1.54, 1.807) is 0 Å². The number of nitrogens with two attached hydrogens (primary N) is 1. The lowest BCUT2D eigenvalue weighted by molar-refractivity contribution is 0.848. The minimum Gasteiger partial charge on any atom is -0.292 e. The van der Waals surface area contributed by atoms with E-state index in [1.807, 2.05) is 32.0 Å². The maximum atomic E-state index is 11.8. The first kappa shape index (κ1) is 14.9. The Morgan fingerprint density at radius 3 is 1.96 bits per heavy atom. The first-order valence-corrected chi connectivity index (χ1v) is 7.19. The Morgan fingerprint density at radius 1 is 1.00 bits per heavy atom. The predicted octanol–water partition coefficient (Wildman–Crippen LogP) is 2.20. The summed E-state index contributed by atoms with van der Waals surface area (Å²) in [4.78, 5) is 19.5. The SMILES string of the molecule is Cc1cccc(C)c1-n1cnc(NN)nc1=O.c1cc2ccc1-2. The van der Waals surface area contributed by atoms with Gasteiger partial charge in [-0.05, 0) is 36.1 Å². The van der Waals surface area contributed by atoms with Gasteiger partial charge in [0.2, 0.25) is 5.95 Å². The van der Waals surface area contributed by atoms with Gasteiger partial charge >= 0.3 is 5.69 Å². The zero-order valence-corrected chi connectivity index (χ0v) is 12.9. The number of rotatable bonds is 2. The molecule has 1 aromatic heterocycles. The van der Waals surface area contributed by atoms with Crippen LogP contribution in [0.25, 0.3) is 16.8 Å². The number of nitrogens with zero attached hydrogens (tertiary/aromatic N) is 3. The van der Waals surface area contributed by atoms with Crippen molar-refractivity contribution >= 4 is 5.95 Å². The van der Waals surface area contributed by atoms with E-state index in [0.717, 1.165) is 16.8 Å². The molecule has 0 bridgehead atoms. The molecular weight excluding hydrogens is 290 g/mol. The second-order valence-electron chi connectivity index (χ2n) is 5.29. The van der Waals surface area contributed by atoms with Gasteiger partial charge < -0.3 is 0 Å². The summed E-state index contributed by atoms with van der Waals surface area (Å²) in [5.41, 5.74) is 7.47. The van der Waals surface area contributed by atoms with Crippen LogP contribution < -0.4 is 17.0 Å². The van der Waals surface area contributed by atoms with Gasteiger partial charge in [-0.1, -0.05) is 42.5 Å². The van der Waals surface area contributed by atoms with E-state index in [-0.39, 0.29) is 5.95 Å². The van der Waals surface area contributed by atoms with Crippen LogP contribution in [0.3, 0.4) is 0 Å². The van der Waals surface area contributed by atoms with Crippen LogP contribution >= 0.6 is 0 Å². The third-order valence-corrected chi connectivity index (χ3v) is 3.73. The van der Waals surface area contributed by atoms with Crippen LogP contribution in [0.4, 0.5) is 5.95 Å². The molecule has 0 saturated heterocycles. The molecule has 4 rings (SSSR count). The summed E-state index contributed by atoms with van der Waals surface area (Å²) in [5, 5.41) is 0. The van der Waals surface area contributed by atoms with Gasteiger partial charge in [0, 0.05) is 0 Å². The van der Waals surface area contributed by atoms with Crippen molar-refractivity contribution in [2.24, 2.45) is 5.84 Å². The van der Waals surface area contributed by atoms with Crippen LogP contribution in [0.2, 0.25) is 0 Å². The van der Waals surface area contributed by atoms with Crippen molar-refractivity contribution < 1.29 is 0 Å². The van der Waals surface area contributed by atoms with Crippen LogP contribution in [0.1, 0.15) is 11.1 Å².